The molecule has 0 spiro atoms. The normalized spacial score (nSPS) is 15.2. The fraction of sp³-hybridized carbons (Fsp3) is 0.478. The molecule has 1 saturated heterocycles. The first-order valence-corrected chi connectivity index (χ1v) is 9.80. The minimum absolute atomic E-state index is 0.196. The van der Waals surface area contributed by atoms with Crippen molar-refractivity contribution in [1.82, 2.24) is 0 Å². The van der Waals surface area contributed by atoms with E-state index in [0.717, 1.165) is 30.8 Å². The van der Waals surface area contributed by atoms with Gasteiger partial charge in [0.2, 0.25) is 0 Å². The summed E-state index contributed by atoms with van der Waals surface area (Å²) < 4.78 is 20.0. The summed E-state index contributed by atoms with van der Waals surface area (Å²) in [6, 6.07) is 11.5. The molecular weight excluding hydrogens is 325 g/mol. The zero-order valence-corrected chi connectivity index (χ0v) is 16.2. The highest BCUT2D eigenvalue weighted by Gasteiger charge is 2.18. The predicted molar refractivity (Wildman–Crippen MR) is 108 cm³/mol. The van der Waals surface area contributed by atoms with Crippen LogP contribution < -0.4 is 9.64 Å². The van der Waals surface area contributed by atoms with Crippen LogP contribution >= 0.6 is 0 Å². The quantitative estimate of drug-likeness (QED) is 0.644. The van der Waals surface area contributed by atoms with Gasteiger partial charge < -0.3 is 9.64 Å². The summed E-state index contributed by atoms with van der Waals surface area (Å²) in [4.78, 5) is 2.45. The van der Waals surface area contributed by atoms with Crippen molar-refractivity contribution < 1.29 is 9.13 Å². The van der Waals surface area contributed by atoms with Crippen molar-refractivity contribution in [2.75, 3.05) is 25.1 Å². The molecule has 26 heavy (non-hydrogen) atoms. The minimum atomic E-state index is -0.196. The smallest absolute Gasteiger partial charge is 0.131 e. The molecule has 0 unspecified atom stereocenters. The average Bonchev–Trinajstić information content (AvgIpc) is 2.91. The molecule has 0 saturated carbocycles. The van der Waals surface area contributed by atoms with E-state index in [9.17, 15) is 4.39 Å². The zero-order chi connectivity index (χ0) is 18.5. The Bertz CT molecular complexity index is 733. The zero-order valence-electron chi connectivity index (χ0n) is 16.2. The van der Waals surface area contributed by atoms with Crippen LogP contribution in [0.15, 0.2) is 36.4 Å². The van der Waals surface area contributed by atoms with Gasteiger partial charge in [0.25, 0.3) is 0 Å². The van der Waals surface area contributed by atoms with Crippen molar-refractivity contribution in [3.8, 4) is 16.9 Å². The number of methoxy groups -OCH3 is 1. The topological polar surface area (TPSA) is 12.5 Å². The van der Waals surface area contributed by atoms with Crippen LogP contribution in [0.2, 0.25) is 0 Å². The van der Waals surface area contributed by atoms with Gasteiger partial charge in [0.1, 0.15) is 11.6 Å². The fourth-order valence-electron chi connectivity index (χ4n) is 3.81. The third kappa shape index (κ3) is 4.38. The van der Waals surface area contributed by atoms with E-state index in [1.807, 2.05) is 6.07 Å². The Labute approximate surface area is 157 Å². The van der Waals surface area contributed by atoms with Crippen molar-refractivity contribution in [3.05, 3.63) is 47.8 Å². The second-order valence-electron chi connectivity index (χ2n) is 7.70. The second kappa shape index (κ2) is 8.57. The average molecular weight is 355 g/mol. The van der Waals surface area contributed by atoms with E-state index in [1.165, 1.54) is 37.3 Å². The molecule has 3 heteroatoms. The van der Waals surface area contributed by atoms with Gasteiger partial charge in [-0.1, -0.05) is 38.8 Å². The fourth-order valence-corrected chi connectivity index (χ4v) is 3.81. The number of nitrogens with zero attached hydrogens (tertiary/aromatic N) is 1. The molecule has 0 atom stereocenters. The van der Waals surface area contributed by atoms with Gasteiger partial charge in [-0.05, 0) is 55.0 Å². The predicted octanol–water partition coefficient (Wildman–Crippen LogP) is 6.08. The van der Waals surface area contributed by atoms with Gasteiger partial charge >= 0.3 is 0 Å². The lowest BCUT2D eigenvalue weighted by Gasteiger charge is -2.27. The summed E-state index contributed by atoms with van der Waals surface area (Å²) in [6.45, 7) is 6.57. The first kappa shape index (κ1) is 18.8. The maximum Gasteiger partial charge on any atom is 0.131 e. The number of halogens is 1. The molecule has 0 N–H and O–H groups in total. The lowest BCUT2D eigenvalue weighted by Crippen LogP contribution is -2.24. The summed E-state index contributed by atoms with van der Waals surface area (Å²) in [5, 5.41) is 0. The number of rotatable bonds is 5. The summed E-state index contributed by atoms with van der Waals surface area (Å²) in [6.07, 6.45) is 6.01. The van der Waals surface area contributed by atoms with Gasteiger partial charge in [-0.15, -0.1) is 0 Å². The maximum absolute atomic E-state index is 14.7. The van der Waals surface area contributed by atoms with E-state index in [1.54, 1.807) is 13.2 Å². The Kier molecular flexibility index (Phi) is 6.18. The van der Waals surface area contributed by atoms with E-state index in [2.05, 4.69) is 36.9 Å². The van der Waals surface area contributed by atoms with Crippen molar-refractivity contribution in [2.45, 2.75) is 46.0 Å². The molecule has 0 bridgehead atoms. The van der Waals surface area contributed by atoms with Crippen LogP contribution in [0.3, 0.4) is 0 Å². The summed E-state index contributed by atoms with van der Waals surface area (Å²) in [5.41, 5.74) is 4.08. The molecule has 0 aromatic heterocycles. The number of ether oxygens (including phenoxy) is 1. The minimum Gasteiger partial charge on any atom is -0.497 e. The van der Waals surface area contributed by atoms with E-state index in [4.69, 9.17) is 4.74 Å². The molecule has 1 heterocycles. The molecule has 1 fully saturated rings. The van der Waals surface area contributed by atoms with Crippen LogP contribution in [0, 0.1) is 11.7 Å². The molecule has 0 radical (unpaired) electrons. The highest BCUT2D eigenvalue weighted by atomic mass is 19.1. The standard InChI is InChI=1S/C23H30FNO/c1-17(2)14-18-8-10-20(21-16-19(26-3)9-11-22(21)24)23(15-18)25-12-6-4-5-7-13-25/h8-11,15-17H,4-7,12-14H2,1-3H3. The van der Waals surface area contributed by atoms with Crippen LogP contribution in [-0.4, -0.2) is 20.2 Å². The van der Waals surface area contributed by atoms with Gasteiger partial charge in [-0.2, -0.15) is 0 Å². The lowest BCUT2D eigenvalue weighted by molar-refractivity contribution is 0.414. The van der Waals surface area contributed by atoms with Gasteiger partial charge in [-0.25, -0.2) is 4.39 Å². The van der Waals surface area contributed by atoms with Crippen LogP contribution in [0.4, 0.5) is 10.1 Å². The van der Waals surface area contributed by atoms with Crippen molar-refractivity contribution in [2.24, 2.45) is 5.92 Å². The van der Waals surface area contributed by atoms with Gasteiger partial charge in [0, 0.05) is 29.9 Å². The van der Waals surface area contributed by atoms with Gasteiger partial charge in [0.15, 0.2) is 0 Å². The molecule has 1 aliphatic heterocycles. The second-order valence-corrected chi connectivity index (χ2v) is 7.70. The van der Waals surface area contributed by atoms with Crippen LogP contribution in [0.5, 0.6) is 5.75 Å². The Balaban J connectivity index is 2.08. The van der Waals surface area contributed by atoms with Crippen LogP contribution in [-0.2, 0) is 6.42 Å². The van der Waals surface area contributed by atoms with E-state index in [-0.39, 0.29) is 5.82 Å². The number of hydrogen-bond acceptors (Lipinski definition) is 2. The van der Waals surface area contributed by atoms with Crippen LogP contribution in [0.1, 0.15) is 45.1 Å². The molecule has 2 aromatic carbocycles. The first-order chi connectivity index (χ1) is 12.6. The van der Waals surface area contributed by atoms with Gasteiger partial charge in [-0.3, -0.25) is 0 Å². The monoisotopic (exact) mass is 355 g/mol. The highest BCUT2D eigenvalue weighted by Crippen LogP contribution is 2.36. The molecule has 3 rings (SSSR count). The Morgan fingerprint density at radius 2 is 1.69 bits per heavy atom. The van der Waals surface area contributed by atoms with E-state index < -0.39 is 0 Å². The molecule has 1 aliphatic rings. The number of anilines is 1. The van der Waals surface area contributed by atoms with Crippen molar-refractivity contribution >= 4 is 5.69 Å². The number of benzene rings is 2. The first-order valence-electron chi connectivity index (χ1n) is 9.80. The Morgan fingerprint density at radius 3 is 2.35 bits per heavy atom. The van der Waals surface area contributed by atoms with Gasteiger partial charge in [0.05, 0.1) is 7.11 Å². The molecule has 140 valence electrons. The third-order valence-corrected chi connectivity index (χ3v) is 5.12. The molecule has 2 nitrogen and oxygen atoms in total. The summed E-state index contributed by atoms with van der Waals surface area (Å²) in [5.74, 6) is 1.10. The third-order valence-electron chi connectivity index (χ3n) is 5.12. The molecule has 0 aliphatic carbocycles. The lowest BCUT2D eigenvalue weighted by atomic mass is 9.96. The van der Waals surface area contributed by atoms with Crippen molar-refractivity contribution in [3.63, 3.8) is 0 Å². The molecule has 0 amide bonds. The SMILES string of the molecule is COc1ccc(F)c(-c2ccc(CC(C)C)cc2N2CCCCCC2)c1. The summed E-state index contributed by atoms with van der Waals surface area (Å²) in [7, 11) is 1.62. The molecular formula is C23H30FNO. The van der Waals surface area contributed by atoms with Crippen LogP contribution in [0.25, 0.3) is 11.1 Å². The number of hydrogen-bond donors (Lipinski definition) is 0. The molecule has 2 aromatic rings. The Hall–Kier alpha value is -2.03. The maximum atomic E-state index is 14.7. The largest absolute Gasteiger partial charge is 0.497 e. The Morgan fingerprint density at radius 1 is 0.962 bits per heavy atom. The van der Waals surface area contributed by atoms with Crippen molar-refractivity contribution in [1.29, 1.82) is 0 Å². The van der Waals surface area contributed by atoms with E-state index in [0.29, 0.717) is 17.2 Å². The summed E-state index contributed by atoms with van der Waals surface area (Å²) >= 11 is 0. The van der Waals surface area contributed by atoms with E-state index >= 15 is 0 Å². The highest BCUT2D eigenvalue weighted by molar-refractivity contribution is 5.80.